The van der Waals surface area contributed by atoms with E-state index in [9.17, 15) is 24.3 Å². The van der Waals surface area contributed by atoms with Gasteiger partial charge in [-0.2, -0.15) is 0 Å². The summed E-state index contributed by atoms with van der Waals surface area (Å²) in [5, 5.41) is 19.0. The van der Waals surface area contributed by atoms with Crippen LogP contribution in [0.25, 0.3) is 0 Å². The highest BCUT2D eigenvalue weighted by atomic mass is 16.6. The summed E-state index contributed by atoms with van der Waals surface area (Å²) >= 11 is 0. The van der Waals surface area contributed by atoms with Crippen molar-refractivity contribution in [1.82, 2.24) is 0 Å². The Morgan fingerprint density at radius 3 is 1.62 bits per heavy atom. The summed E-state index contributed by atoms with van der Waals surface area (Å²) in [4.78, 5) is 44.8. The minimum absolute atomic E-state index is 0.511. The topological polar surface area (TPSA) is 146 Å². The van der Waals surface area contributed by atoms with Crippen LogP contribution in [0.1, 0.15) is 27.7 Å². The fraction of sp³-hybridized carbons (Fsp3) is 0.714. The molecule has 0 aliphatic carbocycles. The SMILES string of the molecule is CC(=O)OC[C@@H](OC(C)=O)[C@@H](OC(C)=O)[C@H](OC(C)=O)[C@H](O)CO. The molecule has 0 aromatic heterocycles. The van der Waals surface area contributed by atoms with Gasteiger partial charge in [0.15, 0.2) is 18.3 Å². The molecule has 0 saturated heterocycles. The van der Waals surface area contributed by atoms with Gasteiger partial charge in [0, 0.05) is 27.7 Å². The predicted octanol–water partition coefficient (Wildman–Crippen LogP) is -1.30. The first-order valence-corrected chi connectivity index (χ1v) is 7.02. The van der Waals surface area contributed by atoms with Crippen LogP contribution >= 0.6 is 0 Å². The standard InChI is InChI=1S/C14H22O10/c1-7(16)21-6-12(22-8(2)17)14(24-10(4)19)13(11(20)5-15)23-9(3)18/h11-15,20H,5-6H2,1-4H3/t11-,12-,13-,14-/m1/s1. The van der Waals surface area contributed by atoms with Gasteiger partial charge in [0.25, 0.3) is 0 Å². The number of hydrogen-bond donors (Lipinski definition) is 2. The first-order chi connectivity index (χ1) is 11.1. The van der Waals surface area contributed by atoms with E-state index in [1.165, 1.54) is 0 Å². The van der Waals surface area contributed by atoms with Crippen LogP contribution in [0.5, 0.6) is 0 Å². The third kappa shape index (κ3) is 8.44. The molecule has 0 aromatic carbocycles. The number of ether oxygens (including phenoxy) is 4. The van der Waals surface area contributed by atoms with Gasteiger partial charge in [0.1, 0.15) is 12.7 Å². The first kappa shape index (κ1) is 21.8. The molecule has 10 nitrogen and oxygen atoms in total. The average molecular weight is 350 g/mol. The van der Waals surface area contributed by atoms with Crippen LogP contribution in [-0.2, 0) is 38.1 Å². The van der Waals surface area contributed by atoms with E-state index in [0.29, 0.717) is 0 Å². The number of carbonyl (C=O) groups excluding carboxylic acids is 4. The van der Waals surface area contributed by atoms with E-state index in [-0.39, 0.29) is 0 Å². The van der Waals surface area contributed by atoms with Crippen molar-refractivity contribution in [1.29, 1.82) is 0 Å². The smallest absolute Gasteiger partial charge is 0.303 e. The molecular weight excluding hydrogens is 328 g/mol. The molecule has 0 aliphatic rings. The van der Waals surface area contributed by atoms with Crippen molar-refractivity contribution in [2.75, 3.05) is 13.2 Å². The third-order valence-corrected chi connectivity index (χ3v) is 2.63. The minimum Gasteiger partial charge on any atom is -0.462 e. The summed E-state index contributed by atoms with van der Waals surface area (Å²) < 4.78 is 19.5. The Balaban J connectivity index is 5.63. The highest BCUT2D eigenvalue weighted by Crippen LogP contribution is 2.18. The maximum atomic E-state index is 11.3. The number of hydrogen-bond acceptors (Lipinski definition) is 10. The monoisotopic (exact) mass is 350 g/mol. The lowest BCUT2D eigenvalue weighted by atomic mass is 10.0. The Hall–Kier alpha value is -2.20. The van der Waals surface area contributed by atoms with Gasteiger partial charge >= 0.3 is 23.9 Å². The predicted molar refractivity (Wildman–Crippen MR) is 76.4 cm³/mol. The Bertz CT molecular complexity index is 460. The van der Waals surface area contributed by atoms with Crippen LogP contribution in [0.3, 0.4) is 0 Å². The molecule has 10 heteroatoms. The lowest BCUT2D eigenvalue weighted by molar-refractivity contribution is -0.200. The summed E-state index contributed by atoms with van der Waals surface area (Å²) in [6, 6.07) is 0. The molecule has 0 radical (unpaired) electrons. The number of aliphatic hydroxyl groups is 2. The minimum atomic E-state index is -1.63. The Kier molecular flexibility index (Phi) is 9.58. The van der Waals surface area contributed by atoms with Crippen LogP contribution in [-0.4, -0.2) is 71.7 Å². The molecule has 0 rings (SSSR count). The van der Waals surface area contributed by atoms with E-state index in [2.05, 4.69) is 0 Å². The molecule has 0 bridgehead atoms. The van der Waals surface area contributed by atoms with Crippen molar-refractivity contribution in [2.45, 2.75) is 52.1 Å². The molecule has 0 saturated carbocycles. The van der Waals surface area contributed by atoms with E-state index in [4.69, 9.17) is 24.1 Å². The van der Waals surface area contributed by atoms with E-state index in [0.717, 1.165) is 27.7 Å². The van der Waals surface area contributed by atoms with Gasteiger partial charge in [-0.05, 0) is 0 Å². The second-order valence-electron chi connectivity index (χ2n) is 4.85. The van der Waals surface area contributed by atoms with Crippen molar-refractivity contribution in [3.63, 3.8) is 0 Å². The Labute approximate surface area is 138 Å². The highest BCUT2D eigenvalue weighted by molar-refractivity contribution is 5.68. The largest absolute Gasteiger partial charge is 0.462 e. The van der Waals surface area contributed by atoms with Crippen molar-refractivity contribution in [2.24, 2.45) is 0 Å². The van der Waals surface area contributed by atoms with Crippen LogP contribution in [0.4, 0.5) is 0 Å². The third-order valence-electron chi connectivity index (χ3n) is 2.63. The molecule has 0 spiro atoms. The first-order valence-electron chi connectivity index (χ1n) is 7.02. The van der Waals surface area contributed by atoms with Crippen molar-refractivity contribution < 1.29 is 48.3 Å². The molecule has 24 heavy (non-hydrogen) atoms. The molecule has 4 atom stereocenters. The van der Waals surface area contributed by atoms with Crippen molar-refractivity contribution in [3.05, 3.63) is 0 Å². The average Bonchev–Trinajstić information content (AvgIpc) is 2.45. The van der Waals surface area contributed by atoms with Gasteiger partial charge in [-0.1, -0.05) is 0 Å². The Morgan fingerprint density at radius 1 is 0.792 bits per heavy atom. The fourth-order valence-corrected chi connectivity index (χ4v) is 1.81. The number of esters is 4. The number of carbonyl (C=O) groups is 4. The van der Waals surface area contributed by atoms with Crippen LogP contribution < -0.4 is 0 Å². The van der Waals surface area contributed by atoms with Crippen LogP contribution in [0, 0.1) is 0 Å². The second-order valence-corrected chi connectivity index (χ2v) is 4.85. The maximum absolute atomic E-state index is 11.3. The van der Waals surface area contributed by atoms with Gasteiger partial charge in [-0.25, -0.2) is 0 Å². The van der Waals surface area contributed by atoms with Gasteiger partial charge in [-0.15, -0.1) is 0 Å². The van der Waals surface area contributed by atoms with E-state index in [1.54, 1.807) is 0 Å². The fourth-order valence-electron chi connectivity index (χ4n) is 1.81. The summed E-state index contributed by atoms with van der Waals surface area (Å²) in [5.74, 6) is -3.15. The molecule has 0 heterocycles. The van der Waals surface area contributed by atoms with Gasteiger partial charge in [-0.3, -0.25) is 19.2 Å². The lowest BCUT2D eigenvalue weighted by Crippen LogP contribution is -2.52. The summed E-state index contributed by atoms with van der Waals surface area (Å²) in [7, 11) is 0. The van der Waals surface area contributed by atoms with E-state index < -0.39 is 61.5 Å². The van der Waals surface area contributed by atoms with Crippen molar-refractivity contribution in [3.8, 4) is 0 Å². The molecule has 2 N–H and O–H groups in total. The molecular formula is C14H22O10. The van der Waals surface area contributed by atoms with Crippen LogP contribution in [0.15, 0.2) is 0 Å². The van der Waals surface area contributed by atoms with Crippen LogP contribution in [0.2, 0.25) is 0 Å². The number of aliphatic hydroxyl groups excluding tert-OH is 2. The summed E-state index contributed by atoms with van der Waals surface area (Å²) in [6.45, 7) is 2.92. The second kappa shape index (κ2) is 10.6. The summed E-state index contributed by atoms with van der Waals surface area (Å²) in [6.07, 6.45) is -6.04. The molecule has 0 aromatic rings. The molecule has 0 amide bonds. The van der Waals surface area contributed by atoms with Gasteiger partial charge in [0.05, 0.1) is 6.61 Å². The van der Waals surface area contributed by atoms with Gasteiger partial charge in [0.2, 0.25) is 0 Å². The zero-order valence-electron chi connectivity index (χ0n) is 13.9. The van der Waals surface area contributed by atoms with Crippen molar-refractivity contribution >= 4 is 23.9 Å². The van der Waals surface area contributed by atoms with Gasteiger partial charge < -0.3 is 29.2 Å². The zero-order valence-corrected chi connectivity index (χ0v) is 13.9. The maximum Gasteiger partial charge on any atom is 0.303 e. The summed E-state index contributed by atoms with van der Waals surface area (Å²) in [5.41, 5.74) is 0. The highest BCUT2D eigenvalue weighted by Gasteiger charge is 2.41. The molecule has 0 aliphatic heterocycles. The zero-order chi connectivity index (χ0) is 18.9. The molecule has 0 unspecified atom stereocenters. The normalized spacial score (nSPS) is 15.4. The Morgan fingerprint density at radius 2 is 1.25 bits per heavy atom. The quantitative estimate of drug-likeness (QED) is 0.380. The molecule has 0 fully saturated rings. The lowest BCUT2D eigenvalue weighted by Gasteiger charge is -2.33. The van der Waals surface area contributed by atoms with E-state index in [1.807, 2.05) is 0 Å². The van der Waals surface area contributed by atoms with E-state index >= 15 is 0 Å². The molecule has 138 valence electrons. The number of rotatable bonds is 9.